The molecule has 0 radical (unpaired) electrons. The van der Waals surface area contributed by atoms with E-state index in [1.165, 1.54) is 6.08 Å². The summed E-state index contributed by atoms with van der Waals surface area (Å²) in [7, 11) is 0. The van der Waals surface area contributed by atoms with E-state index in [0.29, 0.717) is 5.82 Å². The lowest BCUT2D eigenvalue weighted by atomic mass is 10.3. The average molecular weight is 325 g/mol. The van der Waals surface area contributed by atoms with Crippen LogP contribution in [0.5, 0.6) is 0 Å². The fourth-order valence-electron chi connectivity index (χ4n) is 1.96. The minimum atomic E-state index is -0.573. The number of esters is 1. The fourth-order valence-corrected chi connectivity index (χ4v) is 1.96. The molecule has 0 aliphatic carbocycles. The SMILES string of the molecule is C/C=C/C=C/C(=O)OCC(=O)Nc1cc(C)nn1-c1ccccc1. The number of hydrogen-bond acceptors (Lipinski definition) is 4. The summed E-state index contributed by atoms with van der Waals surface area (Å²) in [6, 6.07) is 11.2. The van der Waals surface area contributed by atoms with Crippen LogP contribution in [0.2, 0.25) is 0 Å². The Morgan fingerprint density at radius 2 is 2.00 bits per heavy atom. The second-order valence-corrected chi connectivity index (χ2v) is 4.96. The summed E-state index contributed by atoms with van der Waals surface area (Å²) in [5.74, 6) is -0.486. The molecule has 0 atom stereocenters. The predicted molar refractivity (Wildman–Crippen MR) is 91.8 cm³/mol. The summed E-state index contributed by atoms with van der Waals surface area (Å²) in [6.07, 6.45) is 6.28. The number of hydrogen-bond donors (Lipinski definition) is 1. The largest absolute Gasteiger partial charge is 0.452 e. The van der Waals surface area contributed by atoms with E-state index < -0.39 is 11.9 Å². The number of anilines is 1. The standard InChI is InChI=1S/C18H19N3O3/c1-3-4-6-11-18(23)24-13-17(22)19-16-12-14(2)20-21(16)15-9-7-5-8-10-15/h3-12H,13H2,1-2H3,(H,19,22)/b4-3+,11-6+. The lowest BCUT2D eigenvalue weighted by molar-refractivity contribution is -0.142. The topological polar surface area (TPSA) is 73.2 Å². The molecule has 1 aromatic carbocycles. The van der Waals surface area contributed by atoms with Gasteiger partial charge in [-0.25, -0.2) is 9.48 Å². The van der Waals surface area contributed by atoms with Gasteiger partial charge in [0.1, 0.15) is 5.82 Å². The van der Waals surface area contributed by atoms with Crippen molar-refractivity contribution in [2.24, 2.45) is 0 Å². The summed E-state index contributed by atoms with van der Waals surface area (Å²) in [6.45, 7) is 3.31. The molecule has 0 fully saturated rings. The van der Waals surface area contributed by atoms with Crippen LogP contribution in [0.3, 0.4) is 0 Å². The molecule has 1 N–H and O–H groups in total. The third-order valence-corrected chi connectivity index (χ3v) is 2.98. The molecular formula is C18H19N3O3. The Labute approximate surface area is 140 Å². The van der Waals surface area contributed by atoms with E-state index in [9.17, 15) is 9.59 Å². The average Bonchev–Trinajstić information content (AvgIpc) is 2.94. The van der Waals surface area contributed by atoms with Gasteiger partial charge in [-0.05, 0) is 26.0 Å². The highest BCUT2D eigenvalue weighted by atomic mass is 16.5. The van der Waals surface area contributed by atoms with E-state index in [4.69, 9.17) is 4.74 Å². The molecule has 6 nitrogen and oxygen atoms in total. The molecule has 0 bridgehead atoms. The molecule has 6 heteroatoms. The van der Waals surface area contributed by atoms with Crippen LogP contribution < -0.4 is 5.32 Å². The number of para-hydroxylation sites is 1. The first kappa shape index (κ1) is 17.2. The maximum Gasteiger partial charge on any atom is 0.331 e. The van der Waals surface area contributed by atoms with Crippen LogP contribution >= 0.6 is 0 Å². The Balaban J connectivity index is 1.99. The maximum absolute atomic E-state index is 12.0. The number of aromatic nitrogens is 2. The zero-order valence-corrected chi connectivity index (χ0v) is 13.6. The molecule has 0 saturated heterocycles. The van der Waals surface area contributed by atoms with Crippen LogP contribution in [0.25, 0.3) is 5.69 Å². The summed E-state index contributed by atoms with van der Waals surface area (Å²) in [5, 5.41) is 7.05. The van der Waals surface area contributed by atoms with Crippen LogP contribution in [-0.2, 0) is 14.3 Å². The van der Waals surface area contributed by atoms with Gasteiger partial charge in [0.15, 0.2) is 6.61 Å². The van der Waals surface area contributed by atoms with Crippen LogP contribution in [0, 0.1) is 6.92 Å². The number of aryl methyl sites for hydroxylation is 1. The molecular weight excluding hydrogens is 306 g/mol. The summed E-state index contributed by atoms with van der Waals surface area (Å²) in [4.78, 5) is 23.4. The summed E-state index contributed by atoms with van der Waals surface area (Å²) >= 11 is 0. The van der Waals surface area contributed by atoms with E-state index >= 15 is 0 Å². The van der Waals surface area contributed by atoms with Crippen LogP contribution in [0.4, 0.5) is 5.82 Å². The number of nitrogens with zero attached hydrogens (tertiary/aromatic N) is 2. The van der Waals surface area contributed by atoms with E-state index in [1.807, 2.05) is 44.2 Å². The van der Waals surface area contributed by atoms with Gasteiger partial charge < -0.3 is 10.1 Å². The zero-order valence-electron chi connectivity index (χ0n) is 13.6. The van der Waals surface area contributed by atoms with Crippen molar-refractivity contribution in [1.29, 1.82) is 0 Å². The number of rotatable bonds is 6. The smallest absolute Gasteiger partial charge is 0.331 e. The van der Waals surface area contributed by atoms with E-state index in [2.05, 4.69) is 10.4 Å². The second kappa shape index (κ2) is 8.47. The van der Waals surface area contributed by atoms with Gasteiger partial charge in [0.2, 0.25) is 0 Å². The first-order chi connectivity index (χ1) is 11.6. The highest BCUT2D eigenvalue weighted by Crippen LogP contribution is 2.16. The molecule has 1 amide bonds. The highest BCUT2D eigenvalue weighted by Gasteiger charge is 2.11. The number of carbonyl (C=O) groups is 2. The van der Waals surface area contributed by atoms with Gasteiger partial charge in [0.25, 0.3) is 5.91 Å². The lowest BCUT2D eigenvalue weighted by Gasteiger charge is -2.08. The van der Waals surface area contributed by atoms with E-state index in [-0.39, 0.29) is 6.61 Å². The van der Waals surface area contributed by atoms with Crippen molar-refractivity contribution in [3.05, 3.63) is 66.4 Å². The van der Waals surface area contributed by atoms with Crippen molar-refractivity contribution in [1.82, 2.24) is 9.78 Å². The van der Waals surface area contributed by atoms with Gasteiger partial charge >= 0.3 is 5.97 Å². The molecule has 1 heterocycles. The Morgan fingerprint density at radius 1 is 1.25 bits per heavy atom. The molecule has 2 aromatic rings. The van der Waals surface area contributed by atoms with Crippen LogP contribution in [0.1, 0.15) is 12.6 Å². The Hall–Kier alpha value is -3.15. The van der Waals surface area contributed by atoms with Crippen molar-refractivity contribution in [3.63, 3.8) is 0 Å². The highest BCUT2D eigenvalue weighted by molar-refractivity contribution is 5.93. The Kier molecular flexibility index (Phi) is 6.08. The third-order valence-electron chi connectivity index (χ3n) is 2.98. The molecule has 1 aromatic heterocycles. The van der Waals surface area contributed by atoms with Gasteiger partial charge in [-0.3, -0.25) is 4.79 Å². The van der Waals surface area contributed by atoms with Gasteiger partial charge in [-0.15, -0.1) is 0 Å². The number of benzene rings is 1. The zero-order chi connectivity index (χ0) is 17.4. The van der Waals surface area contributed by atoms with Crippen molar-refractivity contribution in [2.45, 2.75) is 13.8 Å². The number of carbonyl (C=O) groups excluding carboxylic acids is 2. The predicted octanol–water partition coefficient (Wildman–Crippen LogP) is 2.79. The van der Waals surface area contributed by atoms with Crippen molar-refractivity contribution >= 4 is 17.7 Å². The van der Waals surface area contributed by atoms with Gasteiger partial charge in [-0.1, -0.05) is 36.4 Å². The number of ether oxygens (including phenoxy) is 1. The summed E-state index contributed by atoms with van der Waals surface area (Å²) < 4.78 is 6.50. The molecule has 0 aliphatic rings. The maximum atomic E-state index is 12.0. The third kappa shape index (κ3) is 4.95. The molecule has 2 rings (SSSR count). The van der Waals surface area contributed by atoms with E-state index in [1.54, 1.807) is 29.0 Å². The first-order valence-electron chi connectivity index (χ1n) is 7.48. The number of amides is 1. The van der Waals surface area contributed by atoms with Crippen molar-refractivity contribution in [3.8, 4) is 5.69 Å². The second-order valence-electron chi connectivity index (χ2n) is 4.96. The van der Waals surface area contributed by atoms with Crippen LogP contribution in [0.15, 0.2) is 60.7 Å². The first-order valence-corrected chi connectivity index (χ1v) is 7.48. The fraction of sp³-hybridized carbons (Fsp3) is 0.167. The van der Waals surface area contributed by atoms with Gasteiger partial charge in [0.05, 0.1) is 11.4 Å². The minimum absolute atomic E-state index is 0.363. The Morgan fingerprint density at radius 3 is 2.71 bits per heavy atom. The van der Waals surface area contributed by atoms with Gasteiger partial charge in [0, 0.05) is 12.1 Å². The molecule has 0 aliphatic heterocycles. The summed E-state index contributed by atoms with van der Waals surface area (Å²) in [5.41, 5.74) is 1.59. The quantitative estimate of drug-likeness (QED) is 0.503. The minimum Gasteiger partial charge on any atom is -0.452 e. The molecule has 24 heavy (non-hydrogen) atoms. The lowest BCUT2D eigenvalue weighted by Crippen LogP contribution is -2.21. The Bertz CT molecular complexity index is 761. The normalized spacial score (nSPS) is 11.1. The molecule has 0 saturated carbocycles. The van der Waals surface area contributed by atoms with Crippen LogP contribution in [-0.4, -0.2) is 28.3 Å². The molecule has 0 unspecified atom stereocenters. The van der Waals surface area contributed by atoms with Gasteiger partial charge in [-0.2, -0.15) is 5.10 Å². The van der Waals surface area contributed by atoms with E-state index in [0.717, 1.165) is 11.4 Å². The number of allylic oxidation sites excluding steroid dienone is 3. The molecule has 124 valence electrons. The van der Waals surface area contributed by atoms with Crippen molar-refractivity contribution < 1.29 is 14.3 Å². The monoisotopic (exact) mass is 325 g/mol. The number of nitrogens with one attached hydrogen (secondary N) is 1. The molecule has 0 spiro atoms. The van der Waals surface area contributed by atoms with Crippen molar-refractivity contribution in [2.75, 3.05) is 11.9 Å².